The molecule has 1 saturated heterocycles. The molecule has 0 atom stereocenters. The minimum Gasteiger partial charge on any atom is -0.459 e. The van der Waals surface area contributed by atoms with Crippen molar-refractivity contribution in [2.24, 2.45) is 0 Å². The molecule has 1 fully saturated rings. The Labute approximate surface area is 209 Å². The second-order valence-electron chi connectivity index (χ2n) is 8.69. The number of benzene rings is 2. The summed E-state index contributed by atoms with van der Waals surface area (Å²) >= 11 is 0. The van der Waals surface area contributed by atoms with Crippen LogP contribution >= 0.6 is 0 Å². The molecule has 182 valence electrons. The largest absolute Gasteiger partial charge is 0.459 e. The summed E-state index contributed by atoms with van der Waals surface area (Å²) < 4.78 is 11.4. The SMILES string of the molecule is Cc1ccc(Oc2nc(-c3ccccc3)ncc2C(=O)N2CCN(C(=O)c3ccco3)CC2)cc1C. The van der Waals surface area contributed by atoms with Crippen molar-refractivity contribution in [1.82, 2.24) is 19.8 Å². The van der Waals surface area contributed by atoms with Crippen molar-refractivity contribution in [3.63, 3.8) is 0 Å². The highest BCUT2D eigenvalue weighted by Crippen LogP contribution is 2.28. The lowest BCUT2D eigenvalue weighted by Gasteiger charge is -2.34. The van der Waals surface area contributed by atoms with Gasteiger partial charge in [0.1, 0.15) is 11.3 Å². The lowest BCUT2D eigenvalue weighted by Crippen LogP contribution is -2.50. The Balaban J connectivity index is 1.39. The van der Waals surface area contributed by atoms with Gasteiger partial charge in [0.05, 0.1) is 6.26 Å². The number of hydrogen-bond donors (Lipinski definition) is 0. The zero-order chi connectivity index (χ0) is 25.1. The Bertz CT molecular complexity index is 1380. The molecule has 8 heteroatoms. The first-order chi connectivity index (χ1) is 17.5. The Morgan fingerprint density at radius 3 is 2.25 bits per heavy atom. The van der Waals surface area contributed by atoms with Gasteiger partial charge in [0, 0.05) is 37.9 Å². The van der Waals surface area contributed by atoms with Gasteiger partial charge in [-0.25, -0.2) is 4.98 Å². The highest BCUT2D eigenvalue weighted by molar-refractivity contribution is 5.97. The van der Waals surface area contributed by atoms with Gasteiger partial charge >= 0.3 is 0 Å². The smallest absolute Gasteiger partial charge is 0.289 e. The van der Waals surface area contributed by atoms with Crippen LogP contribution < -0.4 is 4.74 Å². The minimum atomic E-state index is -0.237. The first-order valence-corrected chi connectivity index (χ1v) is 11.8. The maximum Gasteiger partial charge on any atom is 0.289 e. The average Bonchev–Trinajstić information content (AvgIpc) is 3.46. The van der Waals surface area contributed by atoms with E-state index in [1.807, 2.05) is 62.4 Å². The van der Waals surface area contributed by atoms with Crippen molar-refractivity contribution >= 4 is 11.8 Å². The third kappa shape index (κ3) is 4.84. The van der Waals surface area contributed by atoms with Crippen LogP contribution in [0.15, 0.2) is 77.5 Å². The summed E-state index contributed by atoms with van der Waals surface area (Å²) in [5.41, 5.74) is 3.33. The molecule has 0 aliphatic carbocycles. The van der Waals surface area contributed by atoms with Gasteiger partial charge in [-0.15, -0.1) is 0 Å². The number of furan rings is 1. The zero-order valence-corrected chi connectivity index (χ0v) is 20.2. The molecule has 1 aliphatic heterocycles. The molecular formula is C28H26N4O4. The molecule has 0 radical (unpaired) electrons. The minimum absolute atomic E-state index is 0.179. The molecule has 36 heavy (non-hydrogen) atoms. The van der Waals surface area contributed by atoms with Crippen LogP contribution in [-0.4, -0.2) is 57.8 Å². The third-order valence-corrected chi connectivity index (χ3v) is 6.30. The lowest BCUT2D eigenvalue weighted by molar-refractivity contribution is 0.0516. The van der Waals surface area contributed by atoms with E-state index in [4.69, 9.17) is 9.15 Å². The van der Waals surface area contributed by atoms with E-state index < -0.39 is 0 Å². The van der Waals surface area contributed by atoms with Gasteiger partial charge in [0.2, 0.25) is 5.88 Å². The number of nitrogens with zero attached hydrogens (tertiary/aromatic N) is 4. The monoisotopic (exact) mass is 482 g/mol. The molecule has 2 amide bonds. The van der Waals surface area contributed by atoms with Crippen LogP contribution in [-0.2, 0) is 0 Å². The highest BCUT2D eigenvalue weighted by atomic mass is 16.5. The molecule has 8 nitrogen and oxygen atoms in total. The maximum absolute atomic E-state index is 13.5. The Kier molecular flexibility index (Phi) is 6.49. The summed E-state index contributed by atoms with van der Waals surface area (Å²) in [5.74, 6) is 1.15. The Hall–Kier alpha value is -4.46. The number of ether oxygens (including phenoxy) is 1. The van der Waals surface area contributed by atoms with Crippen molar-refractivity contribution in [3.8, 4) is 23.0 Å². The number of aryl methyl sites for hydroxylation is 2. The van der Waals surface area contributed by atoms with E-state index >= 15 is 0 Å². The number of carbonyl (C=O) groups excluding carboxylic acids is 2. The van der Waals surface area contributed by atoms with E-state index in [0.29, 0.717) is 43.5 Å². The predicted octanol–water partition coefficient (Wildman–Crippen LogP) is 4.74. The third-order valence-electron chi connectivity index (χ3n) is 6.30. The molecule has 0 unspecified atom stereocenters. The van der Waals surface area contributed by atoms with Crippen molar-refractivity contribution in [1.29, 1.82) is 0 Å². The number of aromatic nitrogens is 2. The first kappa shape index (κ1) is 23.3. The van der Waals surface area contributed by atoms with Crippen molar-refractivity contribution in [2.45, 2.75) is 13.8 Å². The summed E-state index contributed by atoms with van der Waals surface area (Å²) in [5, 5.41) is 0. The van der Waals surface area contributed by atoms with Gasteiger partial charge in [0.25, 0.3) is 11.8 Å². The van der Waals surface area contributed by atoms with E-state index in [0.717, 1.165) is 16.7 Å². The van der Waals surface area contributed by atoms with E-state index in [-0.39, 0.29) is 23.3 Å². The van der Waals surface area contributed by atoms with Crippen LogP contribution in [0.1, 0.15) is 32.0 Å². The average molecular weight is 483 g/mol. The van der Waals surface area contributed by atoms with Crippen molar-refractivity contribution in [2.75, 3.05) is 26.2 Å². The van der Waals surface area contributed by atoms with E-state index in [9.17, 15) is 9.59 Å². The Morgan fingerprint density at radius 1 is 0.861 bits per heavy atom. The molecule has 0 saturated carbocycles. The fraction of sp³-hybridized carbons (Fsp3) is 0.214. The van der Waals surface area contributed by atoms with Gasteiger partial charge in [-0.2, -0.15) is 4.98 Å². The molecule has 0 spiro atoms. The summed E-state index contributed by atoms with van der Waals surface area (Å²) in [6.45, 7) is 5.61. The van der Waals surface area contributed by atoms with Crippen LogP contribution in [0.25, 0.3) is 11.4 Å². The normalized spacial score (nSPS) is 13.5. The summed E-state index contributed by atoms with van der Waals surface area (Å²) in [7, 11) is 0. The maximum atomic E-state index is 13.5. The molecule has 2 aromatic carbocycles. The van der Waals surface area contributed by atoms with Crippen LogP contribution in [0.3, 0.4) is 0 Å². The molecular weight excluding hydrogens is 456 g/mol. The quantitative estimate of drug-likeness (QED) is 0.408. The predicted molar refractivity (Wildman–Crippen MR) is 134 cm³/mol. The number of amides is 2. The van der Waals surface area contributed by atoms with Gasteiger partial charge < -0.3 is 19.0 Å². The molecule has 3 heterocycles. The van der Waals surface area contributed by atoms with Gasteiger partial charge in [-0.3, -0.25) is 9.59 Å². The summed E-state index contributed by atoms with van der Waals surface area (Å²) in [4.78, 5) is 38.6. The second kappa shape index (κ2) is 10.0. The van der Waals surface area contributed by atoms with Gasteiger partial charge in [-0.05, 0) is 49.2 Å². The molecule has 2 aromatic heterocycles. The molecule has 0 N–H and O–H groups in total. The van der Waals surface area contributed by atoms with Crippen LogP contribution in [0.5, 0.6) is 11.6 Å². The summed E-state index contributed by atoms with van der Waals surface area (Å²) in [6.07, 6.45) is 3.00. The van der Waals surface area contributed by atoms with Crippen molar-refractivity contribution < 1.29 is 18.7 Å². The molecule has 4 aromatic rings. The number of rotatable bonds is 5. The highest BCUT2D eigenvalue weighted by Gasteiger charge is 2.29. The fourth-order valence-electron chi connectivity index (χ4n) is 4.05. The Morgan fingerprint density at radius 2 is 1.58 bits per heavy atom. The fourth-order valence-corrected chi connectivity index (χ4v) is 4.05. The number of hydrogen-bond acceptors (Lipinski definition) is 6. The van der Waals surface area contributed by atoms with E-state index in [1.54, 1.807) is 21.9 Å². The van der Waals surface area contributed by atoms with Gasteiger partial charge in [-0.1, -0.05) is 36.4 Å². The van der Waals surface area contributed by atoms with E-state index in [1.165, 1.54) is 12.5 Å². The van der Waals surface area contributed by atoms with Crippen LogP contribution in [0, 0.1) is 13.8 Å². The van der Waals surface area contributed by atoms with Gasteiger partial charge in [0.15, 0.2) is 11.6 Å². The topological polar surface area (TPSA) is 88.8 Å². The first-order valence-electron chi connectivity index (χ1n) is 11.8. The standard InChI is InChI=1S/C28H26N4O4/c1-19-10-11-22(17-20(19)2)36-26-23(18-29-25(30-26)21-7-4-3-5-8-21)27(33)31-12-14-32(15-13-31)28(34)24-9-6-16-35-24/h3-11,16-18H,12-15H2,1-2H3. The van der Waals surface area contributed by atoms with Crippen molar-refractivity contribution in [3.05, 3.63) is 95.6 Å². The van der Waals surface area contributed by atoms with Crippen LogP contribution in [0.4, 0.5) is 0 Å². The second-order valence-corrected chi connectivity index (χ2v) is 8.69. The van der Waals surface area contributed by atoms with E-state index in [2.05, 4.69) is 9.97 Å². The summed E-state index contributed by atoms with van der Waals surface area (Å²) in [6, 6.07) is 18.6. The molecule has 5 rings (SSSR count). The molecule has 0 bridgehead atoms. The lowest BCUT2D eigenvalue weighted by atomic mass is 10.1. The zero-order valence-electron chi connectivity index (χ0n) is 20.2. The van der Waals surface area contributed by atoms with Crippen LogP contribution in [0.2, 0.25) is 0 Å². The number of piperazine rings is 1. The molecule has 1 aliphatic rings. The number of carbonyl (C=O) groups is 2.